The summed E-state index contributed by atoms with van der Waals surface area (Å²) in [5.74, 6) is -0.200. The van der Waals surface area contributed by atoms with E-state index in [1.54, 1.807) is 11.8 Å². The Hall–Kier alpha value is -1.86. The lowest BCUT2D eigenvalue weighted by atomic mass is 10.1. The van der Waals surface area contributed by atoms with Crippen LogP contribution in [0.15, 0.2) is 29.2 Å². The normalized spacial score (nSPS) is 15.5. The minimum absolute atomic E-state index is 0.200. The molecule has 2 N–H and O–H groups in total. The van der Waals surface area contributed by atoms with E-state index in [-0.39, 0.29) is 5.91 Å². The summed E-state index contributed by atoms with van der Waals surface area (Å²) in [7, 11) is 0. The van der Waals surface area contributed by atoms with Crippen LogP contribution in [0.25, 0.3) is 0 Å². The number of anilines is 1. The van der Waals surface area contributed by atoms with Gasteiger partial charge < -0.3 is 10.6 Å². The van der Waals surface area contributed by atoms with Crippen molar-refractivity contribution >= 4 is 23.4 Å². The summed E-state index contributed by atoms with van der Waals surface area (Å²) in [6, 6.07) is 8.19. The summed E-state index contributed by atoms with van der Waals surface area (Å²) in [4.78, 5) is 13.8. The van der Waals surface area contributed by atoms with Gasteiger partial charge in [0.1, 0.15) is 0 Å². The van der Waals surface area contributed by atoms with Gasteiger partial charge >= 0.3 is 0 Å². The Morgan fingerprint density at radius 1 is 1.32 bits per heavy atom. The largest absolute Gasteiger partial charge is 0.319 e. The van der Waals surface area contributed by atoms with E-state index in [1.807, 2.05) is 35.9 Å². The number of aromatic nitrogens is 3. The second-order valence-corrected chi connectivity index (χ2v) is 8.18. The molecular formula is C18H25N5OS. The fraction of sp³-hybridized carbons (Fsp3) is 0.500. The van der Waals surface area contributed by atoms with Gasteiger partial charge in [0.15, 0.2) is 5.69 Å². The average molecular weight is 359 g/mol. The molecule has 1 aliphatic heterocycles. The van der Waals surface area contributed by atoms with E-state index >= 15 is 0 Å². The van der Waals surface area contributed by atoms with Gasteiger partial charge in [0.2, 0.25) is 0 Å². The molecule has 1 aromatic heterocycles. The van der Waals surface area contributed by atoms with Gasteiger partial charge in [-0.25, -0.2) is 4.68 Å². The molecule has 0 unspecified atom stereocenters. The fourth-order valence-corrected chi connectivity index (χ4v) is 3.97. The summed E-state index contributed by atoms with van der Waals surface area (Å²) in [6.07, 6.45) is 2.03. The van der Waals surface area contributed by atoms with Crippen molar-refractivity contribution in [3.05, 3.63) is 35.7 Å². The molecule has 7 heteroatoms. The average Bonchev–Trinajstić information content (AvgIpc) is 2.98. The first-order chi connectivity index (χ1) is 12.1. The molecule has 1 aliphatic rings. The molecule has 0 aliphatic carbocycles. The predicted octanol–water partition coefficient (Wildman–Crippen LogP) is 3.26. The van der Waals surface area contributed by atoms with Crippen LogP contribution in [-0.2, 0) is 0 Å². The molecule has 2 aromatic rings. The van der Waals surface area contributed by atoms with Gasteiger partial charge in [-0.2, -0.15) is 0 Å². The number of amides is 1. The maximum atomic E-state index is 12.7. The zero-order valence-corrected chi connectivity index (χ0v) is 15.8. The lowest BCUT2D eigenvalue weighted by molar-refractivity contribution is 0.102. The first-order valence-electron chi connectivity index (χ1n) is 8.76. The number of nitrogens with zero attached hydrogens (tertiary/aromatic N) is 3. The van der Waals surface area contributed by atoms with Gasteiger partial charge in [-0.15, -0.1) is 16.9 Å². The van der Waals surface area contributed by atoms with Crippen LogP contribution < -0.4 is 10.6 Å². The minimum Gasteiger partial charge on any atom is -0.319 e. The summed E-state index contributed by atoms with van der Waals surface area (Å²) in [5, 5.41) is 15.2. The third-order valence-corrected chi connectivity index (χ3v) is 5.38. The Labute approximate surface area is 152 Å². The monoisotopic (exact) mass is 359 g/mol. The number of thioether (sulfide) groups is 1. The van der Waals surface area contributed by atoms with Gasteiger partial charge in [-0.3, -0.25) is 4.79 Å². The maximum Gasteiger partial charge on any atom is 0.278 e. The molecule has 1 fully saturated rings. The van der Waals surface area contributed by atoms with Gasteiger partial charge in [-0.05, 0) is 45.0 Å². The molecule has 0 bridgehead atoms. The van der Waals surface area contributed by atoms with Crippen molar-refractivity contribution in [2.45, 2.75) is 49.8 Å². The van der Waals surface area contributed by atoms with Crippen molar-refractivity contribution in [3.8, 4) is 0 Å². The number of nitrogens with one attached hydrogen (secondary N) is 2. The Morgan fingerprint density at radius 2 is 2.04 bits per heavy atom. The number of hydrogen-bond donors (Lipinski definition) is 2. The lowest BCUT2D eigenvalue weighted by Gasteiger charge is -2.23. The quantitative estimate of drug-likeness (QED) is 0.802. The zero-order chi connectivity index (χ0) is 17.8. The van der Waals surface area contributed by atoms with Crippen molar-refractivity contribution in [3.63, 3.8) is 0 Å². The molecule has 0 saturated carbocycles. The highest BCUT2D eigenvalue weighted by Gasteiger charge is 2.23. The molecule has 0 spiro atoms. The van der Waals surface area contributed by atoms with Crippen LogP contribution in [0.5, 0.6) is 0 Å². The summed E-state index contributed by atoms with van der Waals surface area (Å²) in [5.41, 5.74) is 2.06. The number of hydrogen-bond acceptors (Lipinski definition) is 5. The third-order valence-electron chi connectivity index (χ3n) is 4.29. The number of carbonyl (C=O) groups excluding carboxylic acids is 1. The van der Waals surface area contributed by atoms with Crippen LogP contribution in [0.4, 0.5) is 5.69 Å². The number of para-hydroxylation sites is 1. The van der Waals surface area contributed by atoms with E-state index in [0.29, 0.717) is 17.0 Å². The first-order valence-corrected chi connectivity index (χ1v) is 9.63. The van der Waals surface area contributed by atoms with E-state index in [4.69, 9.17) is 0 Å². The molecular weight excluding hydrogens is 334 g/mol. The van der Waals surface area contributed by atoms with Crippen molar-refractivity contribution < 1.29 is 4.79 Å². The molecule has 2 heterocycles. The number of carbonyl (C=O) groups is 1. The van der Waals surface area contributed by atoms with E-state index < -0.39 is 0 Å². The molecule has 134 valence electrons. The van der Waals surface area contributed by atoms with Crippen LogP contribution >= 0.6 is 11.8 Å². The molecule has 3 rings (SSSR count). The number of rotatable bonds is 5. The second kappa shape index (κ2) is 8.01. The fourth-order valence-electron chi connectivity index (χ4n) is 3.06. The van der Waals surface area contributed by atoms with Crippen molar-refractivity contribution in [2.75, 3.05) is 18.4 Å². The van der Waals surface area contributed by atoms with Crippen LogP contribution in [0.3, 0.4) is 0 Å². The first kappa shape index (κ1) is 17.9. The summed E-state index contributed by atoms with van der Waals surface area (Å²) in [6.45, 7) is 8.15. The Balaban J connectivity index is 1.77. The van der Waals surface area contributed by atoms with Gasteiger partial charge in [0.25, 0.3) is 5.91 Å². The second-order valence-electron chi connectivity index (χ2n) is 6.57. The van der Waals surface area contributed by atoms with Crippen LogP contribution in [0.2, 0.25) is 0 Å². The number of benzene rings is 1. The van der Waals surface area contributed by atoms with Crippen LogP contribution in [0.1, 0.15) is 48.9 Å². The third kappa shape index (κ3) is 4.22. The Kier molecular flexibility index (Phi) is 5.75. The summed E-state index contributed by atoms with van der Waals surface area (Å²) < 4.78 is 1.91. The highest BCUT2D eigenvalue weighted by Crippen LogP contribution is 2.30. The zero-order valence-electron chi connectivity index (χ0n) is 15.0. The van der Waals surface area contributed by atoms with Gasteiger partial charge in [0, 0.05) is 10.1 Å². The molecule has 0 atom stereocenters. The molecule has 0 radical (unpaired) electrons. The van der Waals surface area contributed by atoms with Gasteiger partial charge in [-0.1, -0.05) is 31.2 Å². The predicted molar refractivity (Wildman–Crippen MR) is 101 cm³/mol. The lowest BCUT2D eigenvalue weighted by Crippen LogP contribution is -2.30. The summed E-state index contributed by atoms with van der Waals surface area (Å²) >= 11 is 1.73. The Morgan fingerprint density at radius 3 is 2.76 bits per heavy atom. The smallest absolute Gasteiger partial charge is 0.278 e. The Bertz CT molecular complexity index is 737. The van der Waals surface area contributed by atoms with E-state index in [1.165, 1.54) is 0 Å². The van der Waals surface area contributed by atoms with E-state index in [2.05, 4.69) is 34.8 Å². The van der Waals surface area contributed by atoms with Crippen molar-refractivity contribution in [1.82, 2.24) is 20.3 Å². The topological polar surface area (TPSA) is 71.8 Å². The molecule has 1 aromatic carbocycles. The SMILES string of the molecule is Cc1c(C(=O)Nc2ccccc2SC(C)C)nnn1C1CCNCC1. The van der Waals surface area contributed by atoms with Crippen molar-refractivity contribution in [2.24, 2.45) is 0 Å². The standard InChI is InChI=1S/C18H25N5OS/c1-12(2)25-16-7-5-4-6-15(16)20-18(24)17-13(3)23(22-21-17)14-8-10-19-11-9-14/h4-7,12,14,19H,8-11H2,1-3H3,(H,20,24). The van der Waals surface area contributed by atoms with Crippen LogP contribution in [-0.4, -0.2) is 39.2 Å². The highest BCUT2D eigenvalue weighted by atomic mass is 32.2. The van der Waals surface area contributed by atoms with E-state index in [0.717, 1.165) is 42.2 Å². The maximum absolute atomic E-state index is 12.7. The molecule has 1 amide bonds. The highest BCUT2D eigenvalue weighted by molar-refractivity contribution is 8.00. The van der Waals surface area contributed by atoms with Crippen molar-refractivity contribution in [1.29, 1.82) is 0 Å². The van der Waals surface area contributed by atoms with E-state index in [9.17, 15) is 4.79 Å². The molecule has 25 heavy (non-hydrogen) atoms. The minimum atomic E-state index is -0.200. The molecule has 1 saturated heterocycles. The number of piperidine rings is 1. The molecule has 6 nitrogen and oxygen atoms in total. The van der Waals surface area contributed by atoms with Crippen LogP contribution in [0, 0.1) is 6.92 Å². The van der Waals surface area contributed by atoms with Gasteiger partial charge in [0.05, 0.1) is 17.4 Å².